The van der Waals surface area contributed by atoms with Crippen molar-refractivity contribution in [2.24, 2.45) is 0 Å². The summed E-state index contributed by atoms with van der Waals surface area (Å²) < 4.78 is 5.12. The minimum Gasteiger partial charge on any atom is -0.467 e. The number of hydrogen-bond acceptors (Lipinski definition) is 5. The molecule has 0 fully saturated rings. The first kappa shape index (κ1) is 16.0. The molecule has 0 saturated heterocycles. The molecule has 1 atom stereocenters. The van der Waals surface area contributed by atoms with Gasteiger partial charge in [-0.25, -0.2) is 4.98 Å². The predicted molar refractivity (Wildman–Crippen MR) is 84.0 cm³/mol. The van der Waals surface area contributed by atoms with Crippen molar-refractivity contribution >= 4 is 29.2 Å². The maximum Gasteiger partial charge on any atom is 0.244 e. The summed E-state index contributed by atoms with van der Waals surface area (Å²) in [6, 6.07) is 2.88. The smallest absolute Gasteiger partial charge is 0.244 e. The first-order valence-corrected chi connectivity index (χ1v) is 7.63. The highest BCUT2D eigenvalue weighted by Gasteiger charge is 2.14. The Morgan fingerprint density at radius 1 is 1.50 bits per heavy atom. The van der Waals surface area contributed by atoms with Gasteiger partial charge in [0.2, 0.25) is 11.8 Å². The zero-order valence-electron chi connectivity index (χ0n) is 12.3. The van der Waals surface area contributed by atoms with Crippen LogP contribution in [0, 0.1) is 6.92 Å². The quantitative estimate of drug-likeness (QED) is 0.796. The average Bonchev–Trinajstić information content (AvgIpc) is 3.14. The van der Waals surface area contributed by atoms with Crippen LogP contribution in [0.2, 0.25) is 0 Å². The molecule has 2 aromatic heterocycles. The van der Waals surface area contributed by atoms with Gasteiger partial charge in [-0.3, -0.25) is 9.59 Å². The van der Waals surface area contributed by atoms with Crippen LogP contribution in [0.15, 0.2) is 34.3 Å². The van der Waals surface area contributed by atoms with Crippen LogP contribution in [0.3, 0.4) is 0 Å². The van der Waals surface area contributed by atoms with Crippen LogP contribution >= 0.6 is 11.3 Å². The molecule has 0 radical (unpaired) electrons. The lowest BCUT2D eigenvalue weighted by atomic mass is 10.3. The average molecular weight is 319 g/mol. The van der Waals surface area contributed by atoms with E-state index in [1.54, 1.807) is 25.1 Å². The van der Waals surface area contributed by atoms with Crippen molar-refractivity contribution in [3.63, 3.8) is 0 Å². The summed E-state index contributed by atoms with van der Waals surface area (Å²) in [5, 5.41) is 8.07. The van der Waals surface area contributed by atoms with Crippen LogP contribution in [0.5, 0.6) is 0 Å². The van der Waals surface area contributed by atoms with Gasteiger partial charge in [0.25, 0.3) is 0 Å². The second-order valence-electron chi connectivity index (χ2n) is 4.65. The van der Waals surface area contributed by atoms with Gasteiger partial charge in [-0.05, 0) is 32.1 Å². The molecule has 0 aromatic carbocycles. The van der Waals surface area contributed by atoms with E-state index in [4.69, 9.17) is 4.42 Å². The fraction of sp³-hybridized carbons (Fsp3) is 0.267. The molecule has 0 unspecified atom stereocenters. The van der Waals surface area contributed by atoms with E-state index in [0.717, 1.165) is 10.7 Å². The van der Waals surface area contributed by atoms with Gasteiger partial charge in [-0.15, -0.1) is 11.3 Å². The van der Waals surface area contributed by atoms with E-state index in [0.29, 0.717) is 12.3 Å². The monoisotopic (exact) mass is 319 g/mol. The molecule has 2 N–H and O–H groups in total. The van der Waals surface area contributed by atoms with Gasteiger partial charge in [0.05, 0.1) is 23.5 Å². The van der Waals surface area contributed by atoms with Crippen molar-refractivity contribution in [1.29, 1.82) is 0 Å². The van der Waals surface area contributed by atoms with E-state index >= 15 is 0 Å². The van der Waals surface area contributed by atoms with Crippen LogP contribution in [0.1, 0.15) is 23.4 Å². The highest BCUT2D eigenvalue weighted by atomic mass is 32.1. The molecule has 2 rings (SSSR count). The Hall–Kier alpha value is -2.41. The summed E-state index contributed by atoms with van der Waals surface area (Å²) in [7, 11) is 0. The molecule has 2 amide bonds. The minimum absolute atomic E-state index is 0.275. The Balaban J connectivity index is 1.77. The number of hydrogen-bond donors (Lipinski definition) is 2. The predicted octanol–water partition coefficient (Wildman–Crippen LogP) is 1.88. The molecule has 0 spiro atoms. The van der Waals surface area contributed by atoms with Gasteiger partial charge in [-0.2, -0.15) is 0 Å². The number of carbonyl (C=O) groups is 2. The van der Waals surface area contributed by atoms with Crippen molar-refractivity contribution in [1.82, 2.24) is 15.6 Å². The largest absolute Gasteiger partial charge is 0.467 e. The number of aryl methyl sites for hydroxylation is 1. The number of aromatic nitrogens is 1. The summed E-state index contributed by atoms with van der Waals surface area (Å²) >= 11 is 1.51. The lowest BCUT2D eigenvalue weighted by Crippen LogP contribution is -2.44. The Kier molecular flexibility index (Phi) is 5.48. The molecular formula is C15H17N3O3S. The van der Waals surface area contributed by atoms with Crippen LogP contribution in [-0.2, 0) is 16.1 Å². The Morgan fingerprint density at radius 2 is 2.32 bits per heavy atom. The molecule has 2 heterocycles. The number of nitrogens with zero attached hydrogens (tertiary/aromatic N) is 1. The number of thiazole rings is 1. The zero-order chi connectivity index (χ0) is 15.9. The third kappa shape index (κ3) is 4.85. The van der Waals surface area contributed by atoms with E-state index in [-0.39, 0.29) is 11.8 Å². The van der Waals surface area contributed by atoms with Crippen molar-refractivity contribution < 1.29 is 14.0 Å². The Bertz CT molecular complexity index is 661. The van der Waals surface area contributed by atoms with Crippen LogP contribution < -0.4 is 10.6 Å². The zero-order valence-corrected chi connectivity index (χ0v) is 13.1. The molecule has 0 aliphatic rings. The van der Waals surface area contributed by atoms with E-state index in [2.05, 4.69) is 15.6 Å². The molecule has 6 nitrogen and oxygen atoms in total. The Morgan fingerprint density at radius 3 is 2.95 bits per heavy atom. The molecule has 0 bridgehead atoms. The molecule has 0 saturated carbocycles. The molecule has 0 aliphatic carbocycles. The summed E-state index contributed by atoms with van der Waals surface area (Å²) in [5.74, 6) is 0.0413. The number of furan rings is 1. The number of rotatable bonds is 6. The van der Waals surface area contributed by atoms with Gasteiger partial charge in [0.1, 0.15) is 11.8 Å². The minimum atomic E-state index is -0.635. The fourth-order valence-electron chi connectivity index (χ4n) is 1.69. The van der Waals surface area contributed by atoms with E-state index in [1.165, 1.54) is 23.7 Å². The number of amides is 2. The fourth-order valence-corrected chi connectivity index (χ4v) is 2.27. The highest BCUT2D eigenvalue weighted by molar-refractivity contribution is 7.09. The standard InChI is InChI=1S/C15H17N3O3S/c1-10(15(20)16-8-13-4-3-7-21-13)17-14(19)6-5-12-9-22-11(2)18-12/h3-7,9-10H,8H2,1-2H3,(H,16,20)(H,17,19)/b6-5-/t10-/m0/s1. The molecular weight excluding hydrogens is 302 g/mol. The highest BCUT2D eigenvalue weighted by Crippen LogP contribution is 2.08. The maximum absolute atomic E-state index is 11.8. The lowest BCUT2D eigenvalue weighted by molar-refractivity contribution is -0.126. The maximum atomic E-state index is 11.8. The van der Waals surface area contributed by atoms with E-state index in [1.807, 2.05) is 12.3 Å². The van der Waals surface area contributed by atoms with E-state index in [9.17, 15) is 9.59 Å². The molecule has 0 aliphatic heterocycles. The normalized spacial score (nSPS) is 12.3. The third-order valence-corrected chi connectivity index (χ3v) is 3.60. The summed E-state index contributed by atoms with van der Waals surface area (Å²) in [6.45, 7) is 3.81. The molecule has 7 heteroatoms. The van der Waals surface area contributed by atoms with Crippen LogP contribution in [0.25, 0.3) is 6.08 Å². The van der Waals surface area contributed by atoms with E-state index < -0.39 is 6.04 Å². The number of nitrogens with one attached hydrogen (secondary N) is 2. The first-order valence-electron chi connectivity index (χ1n) is 6.75. The van der Waals surface area contributed by atoms with Crippen molar-refractivity contribution in [3.05, 3.63) is 46.3 Å². The van der Waals surface area contributed by atoms with Crippen LogP contribution in [-0.4, -0.2) is 22.8 Å². The summed E-state index contributed by atoms with van der Waals surface area (Å²) in [6.07, 6.45) is 4.52. The van der Waals surface area contributed by atoms with Gasteiger partial charge in [0.15, 0.2) is 0 Å². The molecule has 22 heavy (non-hydrogen) atoms. The molecule has 2 aromatic rings. The second-order valence-corrected chi connectivity index (χ2v) is 5.71. The summed E-state index contributed by atoms with van der Waals surface area (Å²) in [4.78, 5) is 27.8. The van der Waals surface area contributed by atoms with Gasteiger partial charge >= 0.3 is 0 Å². The van der Waals surface area contributed by atoms with Crippen molar-refractivity contribution in [3.8, 4) is 0 Å². The Labute approximate surface area is 132 Å². The van der Waals surface area contributed by atoms with Crippen LogP contribution in [0.4, 0.5) is 0 Å². The topological polar surface area (TPSA) is 84.2 Å². The van der Waals surface area contributed by atoms with Crippen molar-refractivity contribution in [2.45, 2.75) is 26.4 Å². The second kappa shape index (κ2) is 7.56. The third-order valence-electron chi connectivity index (χ3n) is 2.81. The van der Waals surface area contributed by atoms with Gasteiger partial charge in [-0.1, -0.05) is 0 Å². The van der Waals surface area contributed by atoms with Crippen molar-refractivity contribution in [2.75, 3.05) is 0 Å². The molecule has 116 valence electrons. The van der Waals surface area contributed by atoms with Gasteiger partial charge in [0, 0.05) is 11.5 Å². The summed E-state index contributed by atoms with van der Waals surface area (Å²) in [5.41, 5.74) is 0.729. The number of carbonyl (C=O) groups excluding carboxylic acids is 2. The SMILES string of the molecule is Cc1nc(/C=C\C(=O)N[C@@H](C)C(=O)NCc2ccco2)cs1. The first-order chi connectivity index (χ1) is 10.5. The van der Waals surface area contributed by atoms with Gasteiger partial charge < -0.3 is 15.1 Å². The lowest BCUT2D eigenvalue weighted by Gasteiger charge is -2.12.